The highest BCUT2D eigenvalue weighted by Gasteiger charge is 2.27. The van der Waals surface area contributed by atoms with E-state index in [2.05, 4.69) is 5.32 Å². The highest BCUT2D eigenvalue weighted by Crippen LogP contribution is 2.38. The molecule has 1 N–H and O–H groups in total. The van der Waals surface area contributed by atoms with E-state index < -0.39 is 0 Å². The first-order chi connectivity index (χ1) is 12.2. The fourth-order valence-electron chi connectivity index (χ4n) is 2.83. The predicted octanol–water partition coefficient (Wildman–Crippen LogP) is 4.44. The Hall–Kier alpha value is -2.34. The molecule has 0 aromatic carbocycles. The molecule has 3 rings (SSSR count). The van der Waals surface area contributed by atoms with Gasteiger partial charge in [0.05, 0.1) is 18.4 Å². The van der Waals surface area contributed by atoms with Crippen LogP contribution in [0.4, 0.5) is 5.00 Å². The van der Waals surface area contributed by atoms with Crippen LogP contribution in [0.25, 0.3) is 6.08 Å². The fraction of sp³-hybridized carbons (Fsp3) is 0.368. The van der Waals surface area contributed by atoms with Gasteiger partial charge < -0.3 is 14.5 Å². The Kier molecular flexibility index (Phi) is 5.71. The highest BCUT2D eigenvalue weighted by molar-refractivity contribution is 7.17. The van der Waals surface area contributed by atoms with Gasteiger partial charge in [0.2, 0.25) is 5.91 Å². The normalized spacial score (nSPS) is 13.6. The minimum Gasteiger partial charge on any atom is -0.465 e. The molecule has 0 spiro atoms. The van der Waals surface area contributed by atoms with Crippen molar-refractivity contribution in [3.63, 3.8) is 0 Å². The van der Waals surface area contributed by atoms with Gasteiger partial charge in [-0.2, -0.15) is 0 Å². The standard InChI is InChI=1S/C19H21NO4S/c1-2-11-24-19(22)17-14-7-3-4-8-15(14)25-18(17)20-16(21)10-9-13-6-5-12-23-13/h5-6,9-10,12H,2-4,7-8,11H2,1H3,(H,20,21)/b10-9+. The van der Waals surface area contributed by atoms with E-state index in [9.17, 15) is 9.59 Å². The van der Waals surface area contributed by atoms with Gasteiger partial charge in [-0.1, -0.05) is 6.92 Å². The molecule has 1 amide bonds. The van der Waals surface area contributed by atoms with Gasteiger partial charge in [0.1, 0.15) is 10.8 Å². The van der Waals surface area contributed by atoms with E-state index in [-0.39, 0.29) is 11.9 Å². The van der Waals surface area contributed by atoms with Crippen LogP contribution in [0.1, 0.15) is 52.7 Å². The summed E-state index contributed by atoms with van der Waals surface area (Å²) in [6, 6.07) is 3.52. The number of amides is 1. The van der Waals surface area contributed by atoms with Gasteiger partial charge in [-0.25, -0.2) is 4.79 Å². The molecule has 0 unspecified atom stereocenters. The lowest BCUT2D eigenvalue weighted by atomic mass is 9.95. The zero-order valence-corrected chi connectivity index (χ0v) is 15.0. The number of hydrogen-bond acceptors (Lipinski definition) is 5. The Labute approximate surface area is 150 Å². The van der Waals surface area contributed by atoms with Crippen molar-refractivity contribution in [1.82, 2.24) is 0 Å². The van der Waals surface area contributed by atoms with E-state index in [1.54, 1.807) is 24.5 Å². The molecule has 6 heteroatoms. The number of furan rings is 1. The molecule has 0 saturated heterocycles. The summed E-state index contributed by atoms with van der Waals surface area (Å²) in [4.78, 5) is 25.9. The van der Waals surface area contributed by atoms with Crippen LogP contribution in [0, 0.1) is 0 Å². The Morgan fingerprint density at radius 3 is 2.96 bits per heavy atom. The van der Waals surface area contributed by atoms with Gasteiger partial charge in [0.15, 0.2) is 0 Å². The second kappa shape index (κ2) is 8.16. The fourth-order valence-corrected chi connectivity index (χ4v) is 4.11. The number of aryl methyl sites for hydroxylation is 1. The molecule has 1 aliphatic carbocycles. The van der Waals surface area contributed by atoms with E-state index in [1.165, 1.54) is 22.3 Å². The quantitative estimate of drug-likeness (QED) is 0.611. The smallest absolute Gasteiger partial charge is 0.341 e. The second-order valence-electron chi connectivity index (χ2n) is 5.89. The number of fused-ring (bicyclic) bond motifs is 1. The van der Waals surface area contributed by atoms with Crippen LogP contribution in [-0.2, 0) is 22.4 Å². The summed E-state index contributed by atoms with van der Waals surface area (Å²) in [7, 11) is 0. The average Bonchev–Trinajstić information content (AvgIpc) is 3.25. The number of anilines is 1. The first kappa shape index (κ1) is 17.5. The zero-order valence-electron chi connectivity index (χ0n) is 14.2. The molecule has 5 nitrogen and oxygen atoms in total. The molecule has 2 aromatic heterocycles. The molecule has 0 atom stereocenters. The van der Waals surface area contributed by atoms with E-state index >= 15 is 0 Å². The van der Waals surface area contributed by atoms with Crippen molar-refractivity contribution in [3.8, 4) is 0 Å². The molecular weight excluding hydrogens is 338 g/mol. The summed E-state index contributed by atoms with van der Waals surface area (Å²) in [5.41, 5.74) is 1.58. The summed E-state index contributed by atoms with van der Waals surface area (Å²) < 4.78 is 10.5. The number of carbonyl (C=O) groups is 2. The van der Waals surface area contributed by atoms with Crippen LogP contribution in [-0.4, -0.2) is 18.5 Å². The maximum absolute atomic E-state index is 12.5. The van der Waals surface area contributed by atoms with E-state index in [0.717, 1.165) is 37.7 Å². The first-order valence-corrected chi connectivity index (χ1v) is 9.35. The number of nitrogens with one attached hydrogen (secondary N) is 1. The summed E-state index contributed by atoms with van der Waals surface area (Å²) in [6.45, 7) is 2.34. The molecule has 132 valence electrons. The zero-order chi connectivity index (χ0) is 17.6. The Balaban J connectivity index is 1.80. The average molecular weight is 359 g/mol. The van der Waals surface area contributed by atoms with Crippen LogP contribution in [0.5, 0.6) is 0 Å². The SMILES string of the molecule is CCCOC(=O)c1c(NC(=O)/C=C/c2ccco2)sc2c1CCCC2. The van der Waals surface area contributed by atoms with Crippen LogP contribution >= 0.6 is 11.3 Å². The number of rotatable bonds is 6. The Morgan fingerprint density at radius 2 is 2.20 bits per heavy atom. The van der Waals surface area contributed by atoms with Crippen molar-refractivity contribution in [1.29, 1.82) is 0 Å². The molecular formula is C19H21NO4S. The third-order valence-corrected chi connectivity index (χ3v) is 5.20. The topological polar surface area (TPSA) is 68.5 Å². The van der Waals surface area contributed by atoms with Crippen molar-refractivity contribution < 1.29 is 18.7 Å². The maximum Gasteiger partial charge on any atom is 0.341 e. The molecule has 2 heterocycles. The minimum atomic E-state index is -0.341. The van der Waals surface area contributed by atoms with Crippen LogP contribution < -0.4 is 5.32 Å². The number of carbonyl (C=O) groups excluding carboxylic acids is 2. The molecule has 0 bridgehead atoms. The molecule has 0 radical (unpaired) electrons. The van der Waals surface area contributed by atoms with Crippen LogP contribution in [0.3, 0.4) is 0 Å². The largest absolute Gasteiger partial charge is 0.465 e. The Bertz CT molecular complexity index is 774. The molecule has 0 fully saturated rings. The maximum atomic E-state index is 12.5. The van der Waals surface area contributed by atoms with E-state index in [1.807, 2.05) is 6.92 Å². The monoisotopic (exact) mass is 359 g/mol. The molecule has 0 saturated carbocycles. The van der Waals surface area contributed by atoms with Gasteiger partial charge in [-0.05, 0) is 55.9 Å². The lowest BCUT2D eigenvalue weighted by Crippen LogP contribution is -2.14. The second-order valence-corrected chi connectivity index (χ2v) is 6.99. The number of ether oxygens (including phenoxy) is 1. The van der Waals surface area contributed by atoms with E-state index in [4.69, 9.17) is 9.15 Å². The highest BCUT2D eigenvalue weighted by atomic mass is 32.1. The third-order valence-electron chi connectivity index (χ3n) is 3.99. The van der Waals surface area contributed by atoms with Crippen LogP contribution in [0.15, 0.2) is 28.9 Å². The summed E-state index contributed by atoms with van der Waals surface area (Å²) in [5.74, 6) is -0.0331. The lowest BCUT2D eigenvalue weighted by Gasteiger charge is -2.12. The Morgan fingerprint density at radius 1 is 1.36 bits per heavy atom. The molecule has 2 aromatic rings. The van der Waals surface area contributed by atoms with E-state index in [0.29, 0.717) is 22.9 Å². The summed E-state index contributed by atoms with van der Waals surface area (Å²) in [6.07, 6.45) is 9.30. The van der Waals surface area contributed by atoms with Gasteiger partial charge >= 0.3 is 5.97 Å². The molecule has 25 heavy (non-hydrogen) atoms. The third kappa shape index (κ3) is 4.20. The number of thiophene rings is 1. The van der Waals surface area contributed by atoms with Gasteiger partial charge in [0.25, 0.3) is 0 Å². The van der Waals surface area contributed by atoms with Crippen molar-refractivity contribution >= 4 is 34.3 Å². The van der Waals surface area contributed by atoms with Gasteiger partial charge in [0, 0.05) is 11.0 Å². The molecule has 1 aliphatic rings. The minimum absolute atomic E-state index is 0.292. The number of hydrogen-bond donors (Lipinski definition) is 1. The van der Waals surface area contributed by atoms with Gasteiger partial charge in [-0.3, -0.25) is 4.79 Å². The van der Waals surface area contributed by atoms with Crippen molar-refractivity contribution in [2.45, 2.75) is 39.0 Å². The van der Waals surface area contributed by atoms with Crippen molar-refractivity contribution in [3.05, 3.63) is 46.2 Å². The van der Waals surface area contributed by atoms with Crippen molar-refractivity contribution in [2.24, 2.45) is 0 Å². The van der Waals surface area contributed by atoms with Crippen molar-refractivity contribution in [2.75, 3.05) is 11.9 Å². The van der Waals surface area contributed by atoms with Crippen LogP contribution in [0.2, 0.25) is 0 Å². The lowest BCUT2D eigenvalue weighted by molar-refractivity contribution is -0.111. The number of esters is 1. The van der Waals surface area contributed by atoms with Gasteiger partial charge in [-0.15, -0.1) is 11.3 Å². The molecule has 0 aliphatic heterocycles. The first-order valence-electron chi connectivity index (χ1n) is 8.53. The summed E-state index contributed by atoms with van der Waals surface area (Å²) >= 11 is 1.49. The summed E-state index contributed by atoms with van der Waals surface area (Å²) in [5, 5.41) is 3.42. The predicted molar refractivity (Wildman–Crippen MR) is 97.9 cm³/mol.